The maximum atomic E-state index is 13.3. The number of carbonyl (C=O) groups is 3. The molecule has 1 aromatic carbocycles. The highest BCUT2D eigenvalue weighted by molar-refractivity contribution is 9.10. The quantitative estimate of drug-likeness (QED) is 0.588. The number of nitrogens with zero attached hydrogens (tertiary/aromatic N) is 1. The number of halogens is 3. The molecule has 0 saturated carbocycles. The average Bonchev–Trinajstić information content (AvgIpc) is 3.04. The second-order valence-corrected chi connectivity index (χ2v) is 9.82. The third-order valence-corrected chi connectivity index (χ3v) is 5.72. The second-order valence-electron chi connectivity index (χ2n) is 8.02. The molecule has 0 aliphatic rings. The summed E-state index contributed by atoms with van der Waals surface area (Å²) in [4.78, 5) is 39.2. The molecule has 168 valence electrons. The maximum Gasteiger partial charge on any atom is 0.256 e. The van der Waals surface area contributed by atoms with Crippen molar-refractivity contribution in [3.8, 4) is 0 Å². The van der Waals surface area contributed by atoms with Crippen LogP contribution in [0.3, 0.4) is 0 Å². The van der Waals surface area contributed by atoms with Crippen molar-refractivity contribution in [1.82, 2.24) is 10.6 Å². The summed E-state index contributed by atoms with van der Waals surface area (Å²) >= 11 is 4.51. The Morgan fingerprint density at radius 1 is 1.13 bits per heavy atom. The molecular weight excluding hydrogens is 492 g/mol. The number of imide groups is 1. The molecule has 0 unspecified atom stereocenters. The summed E-state index contributed by atoms with van der Waals surface area (Å²) < 4.78 is 27.4. The lowest BCUT2D eigenvalue weighted by Crippen LogP contribution is -2.53. The topological polar surface area (TPSA) is 78.5 Å². The molecule has 2 aromatic rings. The Labute approximate surface area is 192 Å². The zero-order valence-electron chi connectivity index (χ0n) is 17.6. The molecule has 0 bridgehead atoms. The molecule has 1 aromatic heterocycles. The van der Waals surface area contributed by atoms with Gasteiger partial charge in [0, 0.05) is 21.5 Å². The van der Waals surface area contributed by atoms with Crippen LogP contribution in [0.4, 0.5) is 13.8 Å². The molecule has 6 nitrogen and oxygen atoms in total. The molecule has 1 atom stereocenters. The monoisotopic (exact) mass is 515 g/mol. The first-order valence-electron chi connectivity index (χ1n) is 9.46. The third-order valence-electron chi connectivity index (χ3n) is 4.05. The second kappa shape index (κ2) is 10.4. The van der Waals surface area contributed by atoms with Crippen LogP contribution in [0.5, 0.6) is 0 Å². The van der Waals surface area contributed by atoms with Gasteiger partial charge in [0.2, 0.25) is 11.8 Å². The molecule has 1 heterocycles. The predicted octanol–water partition coefficient (Wildman–Crippen LogP) is 3.78. The molecule has 0 spiro atoms. The van der Waals surface area contributed by atoms with Crippen molar-refractivity contribution in [3.63, 3.8) is 0 Å². The summed E-state index contributed by atoms with van der Waals surface area (Å²) in [5.74, 6) is -3.27. The molecule has 0 aliphatic carbocycles. The molecule has 0 aliphatic heterocycles. The molecule has 0 radical (unpaired) electrons. The van der Waals surface area contributed by atoms with Gasteiger partial charge >= 0.3 is 0 Å². The lowest BCUT2D eigenvalue weighted by molar-refractivity contribution is -0.130. The van der Waals surface area contributed by atoms with E-state index in [1.807, 2.05) is 20.8 Å². The smallest absolute Gasteiger partial charge is 0.256 e. The van der Waals surface area contributed by atoms with Crippen LogP contribution in [0.2, 0.25) is 0 Å². The molecule has 0 saturated heterocycles. The average molecular weight is 516 g/mol. The number of hydrogen-bond donors (Lipinski definition) is 2. The summed E-state index contributed by atoms with van der Waals surface area (Å²) in [6, 6.07) is 3.41. The van der Waals surface area contributed by atoms with Gasteiger partial charge in [-0.3, -0.25) is 14.4 Å². The van der Waals surface area contributed by atoms with Crippen molar-refractivity contribution >= 4 is 50.0 Å². The van der Waals surface area contributed by atoms with Gasteiger partial charge in [-0.1, -0.05) is 0 Å². The fraction of sp³-hybridized carbons (Fsp3) is 0.381. The molecule has 2 N–H and O–H groups in total. The van der Waals surface area contributed by atoms with E-state index >= 15 is 0 Å². The van der Waals surface area contributed by atoms with E-state index in [1.54, 1.807) is 11.4 Å². The number of amides is 3. The zero-order chi connectivity index (χ0) is 23.3. The van der Waals surface area contributed by atoms with E-state index in [2.05, 4.69) is 26.6 Å². The van der Waals surface area contributed by atoms with E-state index < -0.39 is 35.4 Å². The lowest BCUT2D eigenvalue weighted by atomic mass is 10.1. The van der Waals surface area contributed by atoms with Gasteiger partial charge in [-0.25, -0.2) is 13.7 Å². The first kappa shape index (κ1) is 25.1. The van der Waals surface area contributed by atoms with Crippen LogP contribution in [-0.2, 0) is 20.8 Å². The van der Waals surface area contributed by atoms with Gasteiger partial charge < -0.3 is 10.6 Å². The van der Waals surface area contributed by atoms with E-state index in [0.717, 1.165) is 17.0 Å². The van der Waals surface area contributed by atoms with Gasteiger partial charge in [-0.2, -0.15) is 0 Å². The summed E-state index contributed by atoms with van der Waals surface area (Å²) in [6.45, 7) is 7.06. The Kier molecular flexibility index (Phi) is 8.44. The van der Waals surface area contributed by atoms with Gasteiger partial charge in [0.15, 0.2) is 0 Å². The molecule has 3 amide bonds. The summed E-state index contributed by atoms with van der Waals surface area (Å²) in [5.41, 5.74) is -0.195. The Morgan fingerprint density at radius 2 is 1.74 bits per heavy atom. The molecular formula is C21H24BrF2N3O3S. The van der Waals surface area contributed by atoms with Gasteiger partial charge in [0.1, 0.15) is 22.7 Å². The van der Waals surface area contributed by atoms with Crippen LogP contribution >= 0.6 is 27.3 Å². The highest BCUT2D eigenvalue weighted by atomic mass is 79.9. The summed E-state index contributed by atoms with van der Waals surface area (Å²) in [5, 5.41) is 7.69. The summed E-state index contributed by atoms with van der Waals surface area (Å²) in [6.07, 6.45) is -0.309. The minimum Gasteiger partial charge on any atom is -0.344 e. The first-order chi connectivity index (χ1) is 14.4. The fourth-order valence-corrected chi connectivity index (χ4v) is 4.08. The Hall–Kier alpha value is -2.17. The van der Waals surface area contributed by atoms with Crippen molar-refractivity contribution in [2.75, 3.05) is 11.4 Å². The largest absolute Gasteiger partial charge is 0.344 e. The first-order valence-corrected chi connectivity index (χ1v) is 11.1. The zero-order valence-corrected chi connectivity index (χ0v) is 20.0. The van der Waals surface area contributed by atoms with Crippen LogP contribution < -0.4 is 15.5 Å². The van der Waals surface area contributed by atoms with Crippen molar-refractivity contribution in [2.24, 2.45) is 0 Å². The molecule has 2 rings (SSSR count). The third kappa shape index (κ3) is 7.79. The van der Waals surface area contributed by atoms with Crippen LogP contribution in [0.15, 0.2) is 34.1 Å². The van der Waals surface area contributed by atoms with Gasteiger partial charge in [-0.05, 0) is 67.4 Å². The minimum atomic E-state index is -1.04. The van der Waals surface area contributed by atoms with Crippen molar-refractivity contribution < 1.29 is 23.2 Å². The van der Waals surface area contributed by atoms with E-state index in [4.69, 9.17) is 0 Å². The number of anilines is 1. The van der Waals surface area contributed by atoms with Gasteiger partial charge in [0.05, 0.1) is 13.0 Å². The number of carbonyl (C=O) groups excluding carboxylic acids is 3. The van der Waals surface area contributed by atoms with Gasteiger partial charge in [-0.15, -0.1) is 11.3 Å². The maximum absolute atomic E-state index is 13.3. The number of nitrogens with one attached hydrogen (secondary N) is 2. The van der Waals surface area contributed by atoms with Crippen LogP contribution in [0, 0.1) is 11.6 Å². The molecule has 31 heavy (non-hydrogen) atoms. The predicted molar refractivity (Wildman–Crippen MR) is 120 cm³/mol. The van der Waals surface area contributed by atoms with Crippen molar-refractivity contribution in [2.45, 2.75) is 45.7 Å². The van der Waals surface area contributed by atoms with Crippen molar-refractivity contribution in [3.05, 3.63) is 51.3 Å². The Balaban J connectivity index is 2.13. The van der Waals surface area contributed by atoms with E-state index in [1.165, 1.54) is 18.3 Å². The normalized spacial score (nSPS) is 12.4. The van der Waals surface area contributed by atoms with E-state index in [-0.39, 0.29) is 24.1 Å². The Morgan fingerprint density at radius 3 is 2.26 bits per heavy atom. The van der Waals surface area contributed by atoms with E-state index in [0.29, 0.717) is 15.5 Å². The highest BCUT2D eigenvalue weighted by Crippen LogP contribution is 2.29. The lowest BCUT2D eigenvalue weighted by Gasteiger charge is -2.26. The highest BCUT2D eigenvalue weighted by Gasteiger charge is 2.30. The number of thiophene rings is 1. The number of benzene rings is 1. The fourth-order valence-electron chi connectivity index (χ4n) is 2.64. The minimum absolute atomic E-state index is 0.0754. The molecule has 0 fully saturated rings. The van der Waals surface area contributed by atoms with Gasteiger partial charge in [0.25, 0.3) is 5.91 Å². The summed E-state index contributed by atoms with van der Waals surface area (Å²) in [7, 11) is 0. The van der Waals surface area contributed by atoms with Crippen molar-refractivity contribution in [1.29, 1.82) is 0 Å². The Bertz CT molecular complexity index is 955. The van der Waals surface area contributed by atoms with Crippen LogP contribution in [0.25, 0.3) is 0 Å². The van der Waals surface area contributed by atoms with Crippen LogP contribution in [-0.4, -0.2) is 35.8 Å². The number of rotatable bonds is 7. The number of hydrogen-bond acceptors (Lipinski definition) is 5. The van der Waals surface area contributed by atoms with Crippen LogP contribution in [0.1, 0.15) is 33.3 Å². The standard InChI is InChI=1S/C21H24BrF2N3O3S/c1-12(26-17(28)7-13-5-15(23)9-16(24)6-13)20(30)27(19-8-14(22)11-31-19)18(29)10-25-21(2,3)4/h5-6,8-9,11-12,25H,7,10H2,1-4H3,(H,26,28)/t12-/m0/s1. The SMILES string of the molecule is C[C@H](NC(=O)Cc1cc(F)cc(F)c1)C(=O)N(C(=O)CNC(C)(C)C)c1cc(Br)cs1. The molecule has 10 heteroatoms. The van der Waals surface area contributed by atoms with E-state index in [9.17, 15) is 23.2 Å².